The Morgan fingerprint density at radius 3 is 2.37 bits per heavy atom. The van der Waals surface area contributed by atoms with E-state index < -0.39 is 29.2 Å². The number of pyridine rings is 1. The topological polar surface area (TPSA) is 78.3 Å². The van der Waals surface area contributed by atoms with Gasteiger partial charge in [-0.25, -0.2) is 22.9 Å². The van der Waals surface area contributed by atoms with Gasteiger partial charge in [-0.3, -0.25) is 9.58 Å². The smallest absolute Gasteiger partial charge is 0.308 e. The van der Waals surface area contributed by atoms with E-state index >= 15 is 4.39 Å². The zero-order valence-corrected chi connectivity index (χ0v) is 21.4. The highest BCUT2D eigenvalue weighted by molar-refractivity contribution is 6.00. The van der Waals surface area contributed by atoms with Crippen molar-refractivity contribution in [1.29, 1.82) is 0 Å². The van der Waals surface area contributed by atoms with Gasteiger partial charge in [0.2, 0.25) is 0 Å². The van der Waals surface area contributed by atoms with Gasteiger partial charge >= 0.3 is 6.03 Å². The SMILES string of the molecule is Cc1c(F)c(NC(=O)Nc2ccc(-c3ccnc4c3cnn4C)cc2)c(F)c(F)c1CN1CCN(C)CC1. The maximum absolute atomic E-state index is 15.1. The van der Waals surface area contributed by atoms with Crippen molar-refractivity contribution in [2.45, 2.75) is 13.5 Å². The number of fused-ring (bicyclic) bond motifs is 1. The quantitative estimate of drug-likeness (QED) is 0.369. The van der Waals surface area contributed by atoms with Crippen LogP contribution in [0.5, 0.6) is 0 Å². The molecule has 1 aliphatic rings. The molecule has 11 heteroatoms. The second kappa shape index (κ2) is 10.4. The summed E-state index contributed by atoms with van der Waals surface area (Å²) in [6.45, 7) is 4.43. The molecular formula is C27H28F3N7O. The number of hydrogen-bond donors (Lipinski definition) is 2. The Bertz CT molecular complexity index is 1470. The number of aryl methyl sites for hydroxylation is 1. The Morgan fingerprint density at radius 2 is 1.66 bits per heavy atom. The number of anilines is 2. The lowest BCUT2D eigenvalue weighted by Crippen LogP contribution is -2.44. The molecule has 5 rings (SSSR count). The van der Waals surface area contributed by atoms with E-state index in [1.165, 1.54) is 6.92 Å². The number of urea groups is 1. The van der Waals surface area contributed by atoms with Crippen LogP contribution in [-0.2, 0) is 13.6 Å². The Hall–Kier alpha value is -3.96. The monoisotopic (exact) mass is 523 g/mol. The molecule has 0 bridgehead atoms. The minimum absolute atomic E-state index is 0.0263. The van der Waals surface area contributed by atoms with Crippen LogP contribution in [0.4, 0.5) is 29.3 Å². The first-order valence-corrected chi connectivity index (χ1v) is 12.2. The number of piperazine rings is 1. The maximum Gasteiger partial charge on any atom is 0.323 e. The van der Waals surface area contributed by atoms with Gasteiger partial charge in [-0.1, -0.05) is 12.1 Å². The summed E-state index contributed by atoms with van der Waals surface area (Å²) >= 11 is 0. The van der Waals surface area contributed by atoms with Gasteiger partial charge in [-0.2, -0.15) is 5.10 Å². The molecule has 0 atom stereocenters. The summed E-state index contributed by atoms with van der Waals surface area (Å²) < 4.78 is 46.6. The normalized spacial score (nSPS) is 14.7. The van der Waals surface area contributed by atoms with Crippen molar-refractivity contribution in [2.24, 2.45) is 7.05 Å². The highest BCUT2D eigenvalue weighted by atomic mass is 19.2. The fraction of sp³-hybridized carbons (Fsp3) is 0.296. The van der Waals surface area contributed by atoms with Gasteiger partial charge in [0.25, 0.3) is 0 Å². The number of amides is 2. The first kappa shape index (κ1) is 25.7. The molecule has 2 aromatic carbocycles. The molecule has 198 valence electrons. The summed E-state index contributed by atoms with van der Waals surface area (Å²) in [5.74, 6) is -3.56. The lowest BCUT2D eigenvalue weighted by Gasteiger charge is -2.32. The Morgan fingerprint density at radius 1 is 0.947 bits per heavy atom. The van der Waals surface area contributed by atoms with Crippen LogP contribution in [0.25, 0.3) is 22.2 Å². The average molecular weight is 524 g/mol. The third-order valence-corrected chi connectivity index (χ3v) is 6.98. The average Bonchev–Trinajstić information content (AvgIpc) is 3.30. The second-order valence-electron chi connectivity index (χ2n) is 9.52. The third-order valence-electron chi connectivity index (χ3n) is 6.98. The van der Waals surface area contributed by atoms with Crippen LogP contribution in [-0.4, -0.2) is 63.8 Å². The van der Waals surface area contributed by atoms with Gasteiger partial charge < -0.3 is 15.5 Å². The number of halogens is 3. The minimum Gasteiger partial charge on any atom is -0.308 e. The van der Waals surface area contributed by atoms with E-state index in [9.17, 15) is 13.6 Å². The number of hydrogen-bond acceptors (Lipinski definition) is 5. The van der Waals surface area contributed by atoms with Crippen LogP contribution in [0, 0.1) is 24.4 Å². The van der Waals surface area contributed by atoms with E-state index in [1.807, 2.05) is 25.1 Å². The molecule has 2 amide bonds. The zero-order valence-electron chi connectivity index (χ0n) is 21.4. The molecule has 0 aliphatic carbocycles. The van der Waals surface area contributed by atoms with Crippen LogP contribution < -0.4 is 10.6 Å². The molecule has 2 N–H and O–H groups in total. The Labute approximate surface area is 218 Å². The van der Waals surface area contributed by atoms with E-state index in [4.69, 9.17) is 0 Å². The first-order chi connectivity index (χ1) is 18.2. The maximum atomic E-state index is 15.1. The van der Waals surface area contributed by atoms with E-state index in [1.54, 1.807) is 41.3 Å². The number of benzene rings is 2. The van der Waals surface area contributed by atoms with Crippen molar-refractivity contribution in [2.75, 3.05) is 43.9 Å². The lowest BCUT2D eigenvalue weighted by molar-refractivity contribution is 0.146. The molecule has 0 unspecified atom stereocenters. The molecule has 8 nitrogen and oxygen atoms in total. The highest BCUT2D eigenvalue weighted by Crippen LogP contribution is 2.31. The van der Waals surface area contributed by atoms with E-state index in [-0.39, 0.29) is 17.7 Å². The molecule has 1 fully saturated rings. The van der Waals surface area contributed by atoms with E-state index in [2.05, 4.69) is 25.6 Å². The van der Waals surface area contributed by atoms with Crippen LogP contribution in [0.2, 0.25) is 0 Å². The number of nitrogens with one attached hydrogen (secondary N) is 2. The third kappa shape index (κ3) is 4.94. The summed E-state index contributed by atoms with van der Waals surface area (Å²) in [7, 11) is 3.80. The van der Waals surface area contributed by atoms with Crippen molar-refractivity contribution in [3.8, 4) is 11.1 Å². The first-order valence-electron chi connectivity index (χ1n) is 12.2. The number of carbonyl (C=O) groups excluding carboxylic acids is 1. The number of likely N-dealkylation sites (N-methyl/N-ethyl adjacent to an activating group) is 1. The van der Waals surface area contributed by atoms with Crippen LogP contribution in [0.3, 0.4) is 0 Å². The molecule has 2 aromatic heterocycles. The van der Waals surface area contributed by atoms with Crippen molar-refractivity contribution in [3.05, 3.63) is 71.3 Å². The molecule has 38 heavy (non-hydrogen) atoms. The van der Waals surface area contributed by atoms with Crippen molar-refractivity contribution < 1.29 is 18.0 Å². The molecule has 0 spiro atoms. The molecule has 1 aliphatic heterocycles. The molecule has 4 aromatic rings. The molecule has 0 radical (unpaired) electrons. The van der Waals surface area contributed by atoms with Crippen molar-refractivity contribution >= 4 is 28.4 Å². The number of carbonyl (C=O) groups is 1. The van der Waals surface area contributed by atoms with E-state index in [0.29, 0.717) is 18.8 Å². The zero-order chi connectivity index (χ0) is 27.0. The summed E-state index contributed by atoms with van der Waals surface area (Å²) in [6.07, 6.45) is 3.43. The highest BCUT2D eigenvalue weighted by Gasteiger charge is 2.26. The summed E-state index contributed by atoms with van der Waals surface area (Å²) in [5.41, 5.74) is 2.06. The van der Waals surface area contributed by atoms with Crippen LogP contribution in [0.15, 0.2) is 42.7 Å². The van der Waals surface area contributed by atoms with Gasteiger partial charge in [0, 0.05) is 62.6 Å². The summed E-state index contributed by atoms with van der Waals surface area (Å²) in [6, 6.07) is 7.91. The predicted molar refractivity (Wildman–Crippen MR) is 140 cm³/mol. The molecule has 3 heterocycles. The van der Waals surface area contributed by atoms with E-state index in [0.717, 1.165) is 35.2 Å². The van der Waals surface area contributed by atoms with Gasteiger partial charge in [0.05, 0.1) is 6.20 Å². The minimum atomic E-state index is -1.42. The van der Waals surface area contributed by atoms with Crippen LogP contribution in [0.1, 0.15) is 11.1 Å². The largest absolute Gasteiger partial charge is 0.323 e. The Kier molecular flexibility index (Phi) is 7.04. The van der Waals surface area contributed by atoms with Gasteiger partial charge in [-0.15, -0.1) is 0 Å². The number of nitrogens with zero attached hydrogens (tertiary/aromatic N) is 5. The van der Waals surface area contributed by atoms with Crippen LogP contribution >= 0.6 is 0 Å². The summed E-state index contributed by atoms with van der Waals surface area (Å²) in [5, 5.41) is 9.80. The fourth-order valence-corrected chi connectivity index (χ4v) is 4.66. The molecule has 1 saturated heterocycles. The predicted octanol–water partition coefficient (Wildman–Crippen LogP) is 4.75. The lowest BCUT2D eigenvalue weighted by atomic mass is 10.0. The van der Waals surface area contributed by atoms with Crippen molar-refractivity contribution in [1.82, 2.24) is 24.6 Å². The molecule has 0 saturated carbocycles. The number of rotatable bonds is 5. The Balaban J connectivity index is 1.30. The van der Waals surface area contributed by atoms with Gasteiger partial charge in [0.15, 0.2) is 23.1 Å². The number of aromatic nitrogens is 3. The van der Waals surface area contributed by atoms with Gasteiger partial charge in [0.1, 0.15) is 5.69 Å². The van der Waals surface area contributed by atoms with Crippen molar-refractivity contribution in [3.63, 3.8) is 0 Å². The van der Waals surface area contributed by atoms with Gasteiger partial charge in [-0.05, 0) is 48.9 Å². The summed E-state index contributed by atoms with van der Waals surface area (Å²) in [4.78, 5) is 21.0. The fourth-order valence-electron chi connectivity index (χ4n) is 4.66. The molecular weight excluding hydrogens is 495 g/mol. The standard InChI is InChI=1S/C27H28F3N7O/c1-16-21(15-37-12-10-35(2)11-13-37)23(29)24(30)25(22(16)28)34-27(38)33-18-6-4-17(5-7-18)19-8-9-31-26-20(19)14-32-36(26)3/h4-9,14H,10-13,15H2,1-3H3,(H2,33,34,38). The second-order valence-corrected chi connectivity index (χ2v) is 9.52.